The number of carbonyl (C=O) groups is 1. The molecule has 0 aliphatic carbocycles. The number of hydrogen-bond acceptors (Lipinski definition) is 6. The lowest BCUT2D eigenvalue weighted by atomic mass is 10.1. The van der Waals surface area contributed by atoms with Crippen molar-refractivity contribution in [3.8, 4) is 10.6 Å². The molecule has 0 spiro atoms. The number of nitrogens with zero attached hydrogens (tertiary/aromatic N) is 1. The van der Waals surface area contributed by atoms with Crippen LogP contribution < -0.4 is 10.0 Å². The Morgan fingerprint density at radius 3 is 2.52 bits per heavy atom. The van der Waals surface area contributed by atoms with Crippen LogP contribution in [0.5, 0.6) is 0 Å². The molecule has 0 saturated heterocycles. The van der Waals surface area contributed by atoms with Gasteiger partial charge in [0.25, 0.3) is 0 Å². The molecule has 2 heterocycles. The summed E-state index contributed by atoms with van der Waals surface area (Å²) >= 11 is 3.35. The molecule has 29 heavy (non-hydrogen) atoms. The number of amides is 1. The Balaban J connectivity index is 1.42. The van der Waals surface area contributed by atoms with Crippen molar-refractivity contribution in [1.29, 1.82) is 0 Å². The zero-order valence-electron chi connectivity index (χ0n) is 16.3. The summed E-state index contributed by atoms with van der Waals surface area (Å²) in [6, 6.07) is 10.8. The Labute approximate surface area is 179 Å². The zero-order chi connectivity index (χ0) is 20.9. The van der Waals surface area contributed by atoms with Crippen LogP contribution in [0.2, 0.25) is 0 Å². The van der Waals surface area contributed by atoms with Crippen LogP contribution in [0, 0.1) is 6.92 Å². The molecule has 0 bridgehead atoms. The standard InChI is InChI=1S/C20H23N3O3S3/c1-14-23-18(13-27-14)19-9-6-16(28-19)11-12-22-20(24)10-5-15-3-7-17(8-4-15)29(25,26)21-2/h3-4,6-9,13,21H,5,10-12H2,1-2H3,(H,22,24). The normalized spacial score (nSPS) is 11.5. The van der Waals surface area contributed by atoms with Gasteiger partial charge in [0.05, 0.1) is 20.5 Å². The van der Waals surface area contributed by atoms with Gasteiger partial charge < -0.3 is 5.32 Å². The zero-order valence-corrected chi connectivity index (χ0v) is 18.7. The van der Waals surface area contributed by atoms with Crippen molar-refractivity contribution < 1.29 is 13.2 Å². The lowest BCUT2D eigenvalue weighted by Crippen LogP contribution is -2.25. The number of thiophene rings is 1. The van der Waals surface area contributed by atoms with E-state index in [4.69, 9.17) is 0 Å². The maximum atomic E-state index is 12.1. The summed E-state index contributed by atoms with van der Waals surface area (Å²) in [5, 5.41) is 6.07. The molecule has 2 aromatic heterocycles. The molecule has 2 N–H and O–H groups in total. The SMILES string of the molecule is CNS(=O)(=O)c1ccc(CCC(=O)NCCc2ccc(-c3csc(C)n3)s2)cc1. The van der Waals surface area contributed by atoms with E-state index < -0.39 is 10.0 Å². The van der Waals surface area contributed by atoms with Gasteiger partial charge in [-0.15, -0.1) is 22.7 Å². The highest BCUT2D eigenvalue weighted by Gasteiger charge is 2.11. The van der Waals surface area contributed by atoms with E-state index in [1.165, 1.54) is 11.9 Å². The number of rotatable bonds is 9. The molecular formula is C20H23N3O3S3. The van der Waals surface area contributed by atoms with Crippen LogP contribution in [0.4, 0.5) is 0 Å². The summed E-state index contributed by atoms with van der Waals surface area (Å²) in [5.41, 5.74) is 1.94. The molecule has 0 aliphatic rings. The molecule has 0 saturated carbocycles. The van der Waals surface area contributed by atoms with Gasteiger partial charge in [-0.1, -0.05) is 12.1 Å². The third-order valence-corrected chi connectivity index (χ3v) is 7.74. The number of aryl methyl sites for hydroxylation is 2. The summed E-state index contributed by atoms with van der Waals surface area (Å²) in [5.74, 6) is -0.0103. The largest absolute Gasteiger partial charge is 0.356 e. The average Bonchev–Trinajstić information content (AvgIpc) is 3.35. The Hall–Kier alpha value is -2.07. The molecule has 0 atom stereocenters. The molecule has 0 radical (unpaired) electrons. The molecule has 3 rings (SSSR count). The van der Waals surface area contributed by atoms with E-state index in [1.54, 1.807) is 46.9 Å². The van der Waals surface area contributed by atoms with Crippen molar-refractivity contribution >= 4 is 38.6 Å². The van der Waals surface area contributed by atoms with E-state index in [2.05, 4.69) is 32.5 Å². The number of sulfonamides is 1. The van der Waals surface area contributed by atoms with Gasteiger partial charge in [0.1, 0.15) is 0 Å². The average molecular weight is 450 g/mol. The fourth-order valence-electron chi connectivity index (χ4n) is 2.75. The van der Waals surface area contributed by atoms with Gasteiger partial charge in [-0.05, 0) is 56.6 Å². The van der Waals surface area contributed by atoms with E-state index >= 15 is 0 Å². The number of hydrogen-bond donors (Lipinski definition) is 2. The third-order valence-electron chi connectivity index (χ3n) is 4.37. The predicted molar refractivity (Wildman–Crippen MR) is 118 cm³/mol. The van der Waals surface area contributed by atoms with Crippen LogP contribution in [0.15, 0.2) is 46.7 Å². The predicted octanol–water partition coefficient (Wildman–Crippen LogP) is 3.38. The Morgan fingerprint density at radius 2 is 1.86 bits per heavy atom. The fourth-order valence-corrected chi connectivity index (χ4v) is 5.14. The Morgan fingerprint density at radius 1 is 1.10 bits per heavy atom. The summed E-state index contributed by atoms with van der Waals surface area (Å²) in [7, 11) is -2.05. The van der Waals surface area contributed by atoms with E-state index in [9.17, 15) is 13.2 Å². The van der Waals surface area contributed by atoms with Gasteiger partial charge in [-0.3, -0.25) is 4.79 Å². The van der Waals surface area contributed by atoms with Crippen molar-refractivity contribution in [2.75, 3.05) is 13.6 Å². The van der Waals surface area contributed by atoms with E-state index in [0.29, 0.717) is 19.4 Å². The molecule has 9 heteroatoms. The molecule has 6 nitrogen and oxygen atoms in total. The van der Waals surface area contributed by atoms with Crippen molar-refractivity contribution in [3.63, 3.8) is 0 Å². The Bertz CT molecular complexity index is 1070. The number of nitrogens with one attached hydrogen (secondary N) is 2. The lowest BCUT2D eigenvalue weighted by molar-refractivity contribution is -0.121. The second-order valence-electron chi connectivity index (χ2n) is 6.47. The molecule has 1 aromatic carbocycles. The second kappa shape index (κ2) is 9.62. The lowest BCUT2D eigenvalue weighted by Gasteiger charge is -2.06. The fraction of sp³-hybridized carbons (Fsp3) is 0.300. The van der Waals surface area contributed by atoms with Crippen LogP contribution in [-0.2, 0) is 27.7 Å². The quantitative estimate of drug-likeness (QED) is 0.524. The van der Waals surface area contributed by atoms with Gasteiger partial charge in [-0.25, -0.2) is 18.1 Å². The van der Waals surface area contributed by atoms with Gasteiger partial charge in [0.2, 0.25) is 15.9 Å². The van der Waals surface area contributed by atoms with E-state index in [-0.39, 0.29) is 10.8 Å². The third kappa shape index (κ3) is 5.96. The number of carbonyl (C=O) groups excluding carboxylic acids is 1. The van der Waals surface area contributed by atoms with Crippen LogP contribution >= 0.6 is 22.7 Å². The second-order valence-corrected chi connectivity index (χ2v) is 10.6. The van der Waals surface area contributed by atoms with Gasteiger partial charge in [0, 0.05) is 23.2 Å². The minimum Gasteiger partial charge on any atom is -0.356 e. The first-order chi connectivity index (χ1) is 13.9. The minimum absolute atomic E-state index is 0.0103. The minimum atomic E-state index is -3.43. The highest BCUT2D eigenvalue weighted by Crippen LogP contribution is 2.29. The monoisotopic (exact) mass is 449 g/mol. The molecule has 0 fully saturated rings. The van der Waals surface area contributed by atoms with Crippen molar-refractivity contribution in [2.45, 2.75) is 31.1 Å². The van der Waals surface area contributed by atoms with Crippen LogP contribution in [-0.4, -0.2) is 32.9 Å². The van der Waals surface area contributed by atoms with Crippen molar-refractivity contribution in [2.24, 2.45) is 0 Å². The molecule has 154 valence electrons. The van der Waals surface area contributed by atoms with Crippen molar-refractivity contribution in [3.05, 3.63) is 57.2 Å². The number of benzene rings is 1. The van der Waals surface area contributed by atoms with Crippen LogP contribution in [0.1, 0.15) is 21.9 Å². The maximum absolute atomic E-state index is 12.1. The first-order valence-corrected chi connectivity index (χ1v) is 12.4. The first kappa shape index (κ1) is 21.6. The molecule has 0 aliphatic heterocycles. The summed E-state index contributed by atoms with van der Waals surface area (Å²) in [4.78, 5) is 19.2. The van der Waals surface area contributed by atoms with Crippen LogP contribution in [0.25, 0.3) is 10.6 Å². The molecule has 3 aromatic rings. The molecular weight excluding hydrogens is 426 g/mol. The van der Waals surface area contributed by atoms with Gasteiger partial charge >= 0.3 is 0 Å². The van der Waals surface area contributed by atoms with Crippen molar-refractivity contribution in [1.82, 2.24) is 15.0 Å². The number of aromatic nitrogens is 1. The summed E-state index contributed by atoms with van der Waals surface area (Å²) in [6.07, 6.45) is 1.72. The van der Waals surface area contributed by atoms with E-state index in [1.807, 2.05) is 6.92 Å². The Kier molecular flexibility index (Phi) is 7.18. The van der Waals surface area contributed by atoms with Gasteiger partial charge in [0.15, 0.2) is 0 Å². The summed E-state index contributed by atoms with van der Waals surface area (Å²) in [6.45, 7) is 2.59. The number of thiazole rings is 1. The van der Waals surface area contributed by atoms with E-state index in [0.717, 1.165) is 27.6 Å². The van der Waals surface area contributed by atoms with Gasteiger partial charge in [-0.2, -0.15) is 0 Å². The van der Waals surface area contributed by atoms with Crippen LogP contribution in [0.3, 0.4) is 0 Å². The first-order valence-electron chi connectivity index (χ1n) is 9.18. The topological polar surface area (TPSA) is 88.2 Å². The smallest absolute Gasteiger partial charge is 0.240 e. The highest BCUT2D eigenvalue weighted by atomic mass is 32.2. The maximum Gasteiger partial charge on any atom is 0.240 e. The summed E-state index contributed by atoms with van der Waals surface area (Å²) < 4.78 is 25.7. The molecule has 0 unspecified atom stereocenters. The molecule has 1 amide bonds. The highest BCUT2D eigenvalue weighted by molar-refractivity contribution is 7.89.